The fourth-order valence-corrected chi connectivity index (χ4v) is 10.4. The van der Waals surface area contributed by atoms with Crippen LogP contribution >= 0.6 is 0 Å². The van der Waals surface area contributed by atoms with Crippen LogP contribution < -0.4 is 27.0 Å². The van der Waals surface area contributed by atoms with Gasteiger partial charge in [-0.3, -0.25) is 28.8 Å². The number of primary amides is 1. The SMILES string of the molecule is CO[C@H]1[C@H](C)/C=C/[C@H](O)[C@@H](OC)/C=C\C=C(/C)C(=O)NC2=CC(=O)C(NCCCCCCCNC3=C4C[C@@H](C)C[C@H](OC)[C@H](O)[C@@H](C)/C=C/[C@@H](OC(N)=O)[C@H](OC)/C=C\C=C(/C)C(=O)NC(=CC3=O)C4=O)=C(C2=O)[C@H](OC)[C@@H](C)C[C@@H]1OC. The van der Waals surface area contributed by atoms with Gasteiger partial charge in [-0.25, -0.2) is 4.79 Å². The first-order valence-electron chi connectivity index (χ1n) is 28.3. The first kappa shape index (κ1) is 69.1. The van der Waals surface area contributed by atoms with E-state index in [2.05, 4.69) is 21.3 Å². The lowest BCUT2D eigenvalue weighted by Gasteiger charge is -2.34. The van der Waals surface area contributed by atoms with Crippen LogP contribution in [0.1, 0.15) is 92.9 Å². The number of nitrogens with one attached hydrogen (secondary N) is 4. The van der Waals surface area contributed by atoms with Crippen molar-refractivity contribution in [3.05, 3.63) is 118 Å². The molecule has 0 saturated heterocycles. The van der Waals surface area contributed by atoms with Crippen LogP contribution in [0.5, 0.6) is 0 Å². The zero-order valence-corrected chi connectivity index (χ0v) is 50.2. The highest BCUT2D eigenvalue weighted by molar-refractivity contribution is 6.24. The number of carbonyl (C=O) groups is 7. The molecule has 13 atom stereocenters. The summed E-state index contributed by atoms with van der Waals surface area (Å²) < 4.78 is 40.1. The summed E-state index contributed by atoms with van der Waals surface area (Å²) in [7, 11) is 8.93. The van der Waals surface area contributed by atoms with Crippen molar-refractivity contribution in [2.45, 2.75) is 148 Å². The number of hydrogen-bond donors (Lipinski definition) is 7. The molecule has 4 aliphatic rings. The molecular weight excluding hydrogens is 1070 g/mol. The molecule has 0 fully saturated rings. The maximum atomic E-state index is 14.5. The molecule has 21 heteroatoms. The number of carbonyl (C=O) groups excluding carboxylic acids is 7. The van der Waals surface area contributed by atoms with E-state index >= 15 is 0 Å². The van der Waals surface area contributed by atoms with Crippen LogP contribution in [0.2, 0.25) is 0 Å². The van der Waals surface area contributed by atoms with Crippen LogP contribution in [0.3, 0.4) is 0 Å². The van der Waals surface area contributed by atoms with E-state index in [9.17, 15) is 43.8 Å². The van der Waals surface area contributed by atoms with Crippen molar-refractivity contribution in [1.29, 1.82) is 0 Å². The van der Waals surface area contributed by atoms with Gasteiger partial charge in [-0.15, -0.1) is 0 Å². The van der Waals surface area contributed by atoms with Crippen LogP contribution in [0.25, 0.3) is 0 Å². The summed E-state index contributed by atoms with van der Waals surface area (Å²) in [6.07, 6.45) is 14.1. The van der Waals surface area contributed by atoms with Gasteiger partial charge in [-0.1, -0.05) is 102 Å². The van der Waals surface area contributed by atoms with Gasteiger partial charge in [-0.05, 0) is 63.9 Å². The number of rotatable bonds is 17. The molecule has 83 heavy (non-hydrogen) atoms. The number of methoxy groups -OCH3 is 6. The smallest absolute Gasteiger partial charge is 0.405 e. The minimum atomic E-state index is -1.04. The average molecular weight is 1160 g/mol. The molecule has 0 aromatic rings. The Morgan fingerprint density at radius 3 is 1.67 bits per heavy atom. The molecule has 2 aliphatic carbocycles. The second-order valence-electron chi connectivity index (χ2n) is 21.6. The fourth-order valence-electron chi connectivity index (χ4n) is 10.4. The van der Waals surface area contributed by atoms with Gasteiger partial charge in [0.2, 0.25) is 23.1 Å². The van der Waals surface area contributed by atoms with Gasteiger partial charge in [0.15, 0.2) is 6.10 Å². The van der Waals surface area contributed by atoms with Gasteiger partial charge in [0.05, 0.1) is 58.9 Å². The van der Waals surface area contributed by atoms with Crippen molar-refractivity contribution >= 4 is 41.0 Å². The monoisotopic (exact) mass is 1160 g/mol. The number of nitrogens with two attached hydrogens (primary N) is 1. The molecule has 4 rings (SSSR count). The largest absolute Gasteiger partial charge is 0.439 e. The summed E-state index contributed by atoms with van der Waals surface area (Å²) in [5.41, 5.74) is 5.87. The Balaban J connectivity index is 1.50. The van der Waals surface area contributed by atoms with Crippen molar-refractivity contribution in [2.24, 2.45) is 29.4 Å². The number of fused-ring (bicyclic) bond motifs is 4. The molecule has 21 nitrogen and oxygen atoms in total. The fraction of sp³-hybridized carbons (Fsp3) is 0.565. The van der Waals surface area contributed by atoms with Gasteiger partial charge in [0.25, 0.3) is 11.8 Å². The number of Topliss-reactive ketones (excluding diaryl/α,β-unsaturated/α-hetero) is 2. The maximum absolute atomic E-state index is 14.5. The third-order valence-electron chi connectivity index (χ3n) is 15.3. The highest BCUT2D eigenvalue weighted by atomic mass is 16.6. The van der Waals surface area contributed by atoms with Crippen LogP contribution in [-0.2, 0) is 61.9 Å². The van der Waals surface area contributed by atoms with Gasteiger partial charge in [0.1, 0.15) is 18.3 Å². The Kier molecular flexibility index (Phi) is 28.6. The Labute approximate surface area is 488 Å². The first-order valence-corrected chi connectivity index (χ1v) is 28.3. The number of unbranched alkanes of at least 4 members (excludes halogenated alkanes) is 4. The van der Waals surface area contributed by atoms with Crippen molar-refractivity contribution < 1.29 is 76.9 Å². The van der Waals surface area contributed by atoms with Gasteiger partial charge >= 0.3 is 6.09 Å². The number of hydrogen-bond acceptors (Lipinski definition) is 18. The van der Waals surface area contributed by atoms with E-state index in [1.54, 1.807) is 64.5 Å². The van der Waals surface area contributed by atoms with Crippen molar-refractivity contribution in [3.8, 4) is 0 Å². The van der Waals surface area contributed by atoms with E-state index in [1.807, 2.05) is 26.8 Å². The second-order valence-corrected chi connectivity index (χ2v) is 21.6. The molecule has 4 bridgehead atoms. The molecule has 3 amide bonds. The molecule has 458 valence electrons. The zero-order valence-electron chi connectivity index (χ0n) is 50.2. The molecule has 0 aromatic heterocycles. The van der Waals surface area contributed by atoms with Crippen LogP contribution in [-0.4, -0.2) is 162 Å². The van der Waals surface area contributed by atoms with E-state index in [1.165, 1.54) is 53.6 Å². The molecule has 2 heterocycles. The van der Waals surface area contributed by atoms with Crippen LogP contribution in [0.15, 0.2) is 118 Å². The van der Waals surface area contributed by atoms with Crippen LogP contribution in [0, 0.1) is 23.7 Å². The topological polar surface area (TPSA) is 299 Å². The quantitative estimate of drug-likeness (QED) is 0.0569. The summed E-state index contributed by atoms with van der Waals surface area (Å²) in [5, 5.41) is 34.1. The van der Waals surface area contributed by atoms with E-state index in [0.717, 1.165) is 31.4 Å². The third-order valence-corrected chi connectivity index (χ3v) is 15.3. The Morgan fingerprint density at radius 1 is 0.602 bits per heavy atom. The lowest BCUT2D eigenvalue weighted by atomic mass is 9.83. The Bertz CT molecular complexity index is 2630. The minimum absolute atomic E-state index is 0.0689. The molecule has 0 aromatic carbocycles. The minimum Gasteiger partial charge on any atom is -0.439 e. The molecule has 0 saturated carbocycles. The predicted molar refractivity (Wildman–Crippen MR) is 311 cm³/mol. The lowest BCUT2D eigenvalue weighted by molar-refractivity contribution is -0.121. The van der Waals surface area contributed by atoms with Crippen LogP contribution in [0.4, 0.5) is 4.79 Å². The normalized spacial score (nSPS) is 32.4. The highest BCUT2D eigenvalue weighted by Crippen LogP contribution is 2.32. The number of amides is 3. The van der Waals surface area contributed by atoms with E-state index in [0.29, 0.717) is 32.4 Å². The van der Waals surface area contributed by atoms with E-state index in [4.69, 9.17) is 38.9 Å². The molecule has 8 N–H and O–H groups in total. The van der Waals surface area contributed by atoms with Gasteiger partial charge in [0, 0.05) is 96.5 Å². The molecular formula is C62H89N5O16. The number of aliphatic hydroxyl groups excluding tert-OH is 2. The molecule has 0 radical (unpaired) electrons. The average Bonchev–Trinajstić information content (AvgIpc) is 3.50. The molecule has 0 unspecified atom stereocenters. The highest BCUT2D eigenvalue weighted by Gasteiger charge is 2.40. The van der Waals surface area contributed by atoms with Gasteiger partial charge < -0.3 is 70.4 Å². The zero-order chi connectivity index (χ0) is 61.5. The number of ketones is 4. The summed E-state index contributed by atoms with van der Waals surface area (Å²) in [5.74, 6) is -4.81. The van der Waals surface area contributed by atoms with Crippen molar-refractivity contribution in [1.82, 2.24) is 21.3 Å². The summed E-state index contributed by atoms with van der Waals surface area (Å²) >= 11 is 0. The van der Waals surface area contributed by atoms with E-state index in [-0.39, 0.29) is 69.8 Å². The number of aliphatic hydroxyl groups is 2. The van der Waals surface area contributed by atoms with Crippen molar-refractivity contribution in [3.63, 3.8) is 0 Å². The maximum Gasteiger partial charge on any atom is 0.405 e. The predicted octanol–water partition coefficient (Wildman–Crippen LogP) is 5.06. The van der Waals surface area contributed by atoms with Crippen molar-refractivity contribution in [2.75, 3.05) is 55.7 Å². The number of ether oxygens (including phenoxy) is 7. The summed E-state index contributed by atoms with van der Waals surface area (Å²) in [6, 6.07) is 0. The lowest BCUT2D eigenvalue weighted by Crippen LogP contribution is -2.43. The molecule has 2 aliphatic heterocycles. The van der Waals surface area contributed by atoms with E-state index < -0.39 is 108 Å². The Morgan fingerprint density at radius 2 is 1.13 bits per heavy atom. The molecule has 0 spiro atoms. The first-order chi connectivity index (χ1) is 39.5. The number of allylic oxidation sites excluding steroid dienone is 8. The van der Waals surface area contributed by atoms with Gasteiger partial charge in [-0.2, -0.15) is 0 Å². The summed E-state index contributed by atoms with van der Waals surface area (Å²) in [4.78, 5) is 95.4. The second kappa shape index (κ2) is 34.4. The summed E-state index contributed by atoms with van der Waals surface area (Å²) in [6.45, 7) is 11.2. The standard InChI is InChI=1S/C62H89N5O16/c1-35-30-41-53(45(69)33-42(56(41)72)66-60(74)39(5)21-19-23-48(78-8)49(83-62(63)76)27-25-36(2)55(71)50(31-35)79-9)64-28-16-14-13-15-17-29-65-54-46(70)34-43-57(73)52(54)59(82-12)40(6)32-51(80-10)58(81-11)37(3)24-26-44(68)47(77-7)22-18-20-38(4)61(75)67-43/h18-27,33-37,40,44,47-51,55,58-59,64-65,68,71H,13-17,28-32H2,1-12H3,(H2,63,76)(H,66,74)(H,67,75)/b22-18-,23-19-,26-24+,27-25+,38-20+,39-21+/t35-,36+,37-,40+,44+,47+,48-,49-,50+,51+,55-,58+,59-/m1/s1. The Hall–Kier alpha value is -6.43. The third kappa shape index (κ3) is 19.8.